The molecular formula is C39H52N4O6. The number of nitrogens with one attached hydrogen (secondary N) is 2. The van der Waals surface area contributed by atoms with Crippen LogP contribution in [-0.2, 0) is 23.9 Å². The molecule has 0 bridgehead atoms. The zero-order valence-corrected chi connectivity index (χ0v) is 29.6. The monoisotopic (exact) mass is 672 g/mol. The first kappa shape index (κ1) is 36.3. The summed E-state index contributed by atoms with van der Waals surface area (Å²) in [5.41, 5.74) is -0.233. The SMILES string of the molecule is C=C[C@@H]1C[C@]1(NC(=O)[C@@H]1C[C@@H](N2C[C@H](c3ccccc3)[C@H](c3ccccc3)C2)CN1C(=O)[C@@H](NCC(=O)OC(C)(C)C)C(C)(C)C)C(=O)O. The maximum absolute atomic E-state index is 14.6. The normalized spacial score (nSPS) is 27.7. The second-order valence-electron chi connectivity index (χ2n) is 16.0. The highest BCUT2D eigenvalue weighted by atomic mass is 16.6. The topological polar surface area (TPSA) is 128 Å². The van der Waals surface area contributed by atoms with Crippen molar-refractivity contribution in [1.29, 1.82) is 0 Å². The molecule has 5 rings (SSSR count). The summed E-state index contributed by atoms with van der Waals surface area (Å²) in [6.07, 6.45) is 2.17. The van der Waals surface area contributed by atoms with Crippen LogP contribution in [-0.4, -0.2) is 94.1 Å². The number of carboxylic acid groups (broad SMARTS) is 1. The lowest BCUT2D eigenvalue weighted by Gasteiger charge is -2.36. The Labute approximate surface area is 290 Å². The molecule has 2 aromatic carbocycles. The summed E-state index contributed by atoms with van der Waals surface area (Å²) in [5, 5.41) is 16.0. The van der Waals surface area contributed by atoms with Crippen LogP contribution in [0.15, 0.2) is 73.3 Å². The van der Waals surface area contributed by atoms with Crippen LogP contribution in [0, 0.1) is 11.3 Å². The van der Waals surface area contributed by atoms with E-state index < -0.39 is 46.5 Å². The molecule has 0 unspecified atom stereocenters. The molecule has 0 spiro atoms. The van der Waals surface area contributed by atoms with E-state index >= 15 is 0 Å². The predicted octanol–water partition coefficient (Wildman–Crippen LogP) is 4.33. The summed E-state index contributed by atoms with van der Waals surface area (Å²) in [5.74, 6) is -2.34. The summed E-state index contributed by atoms with van der Waals surface area (Å²) in [6.45, 7) is 16.5. The van der Waals surface area contributed by atoms with E-state index in [4.69, 9.17) is 4.74 Å². The molecule has 7 atom stereocenters. The van der Waals surface area contributed by atoms with Crippen molar-refractivity contribution in [3.8, 4) is 0 Å². The average molecular weight is 673 g/mol. The molecule has 0 aromatic heterocycles. The first-order valence-electron chi connectivity index (χ1n) is 17.3. The summed E-state index contributed by atoms with van der Waals surface area (Å²) < 4.78 is 5.49. The van der Waals surface area contributed by atoms with Crippen molar-refractivity contribution in [2.45, 2.75) is 95.5 Å². The lowest BCUT2D eigenvalue weighted by atomic mass is 9.84. The molecule has 1 saturated carbocycles. The Morgan fingerprint density at radius 3 is 1.94 bits per heavy atom. The number of hydrogen-bond acceptors (Lipinski definition) is 7. The lowest BCUT2D eigenvalue weighted by molar-refractivity contribution is -0.154. The number of amides is 2. The Hall–Kier alpha value is -4.02. The summed E-state index contributed by atoms with van der Waals surface area (Å²) in [6, 6.07) is 19.1. The van der Waals surface area contributed by atoms with Crippen LogP contribution in [0.2, 0.25) is 0 Å². The van der Waals surface area contributed by atoms with Crippen molar-refractivity contribution in [2.24, 2.45) is 11.3 Å². The van der Waals surface area contributed by atoms with Crippen LogP contribution in [0.1, 0.15) is 77.3 Å². The second-order valence-corrected chi connectivity index (χ2v) is 16.0. The number of esters is 1. The van der Waals surface area contributed by atoms with Gasteiger partial charge in [-0.3, -0.25) is 24.6 Å². The van der Waals surface area contributed by atoms with Gasteiger partial charge in [0.1, 0.15) is 17.2 Å². The van der Waals surface area contributed by atoms with E-state index in [0.717, 1.165) is 13.1 Å². The zero-order valence-electron chi connectivity index (χ0n) is 29.6. The number of benzene rings is 2. The van der Waals surface area contributed by atoms with E-state index in [-0.39, 0.29) is 42.7 Å². The minimum Gasteiger partial charge on any atom is -0.479 e. The van der Waals surface area contributed by atoms with Gasteiger partial charge in [0.05, 0.1) is 12.6 Å². The Morgan fingerprint density at radius 2 is 1.49 bits per heavy atom. The fourth-order valence-corrected chi connectivity index (χ4v) is 7.59. The first-order chi connectivity index (χ1) is 23.0. The highest BCUT2D eigenvalue weighted by Crippen LogP contribution is 2.46. The molecule has 264 valence electrons. The number of likely N-dealkylation sites (tertiary alicyclic amines) is 2. The Balaban J connectivity index is 1.43. The second kappa shape index (κ2) is 14.1. The van der Waals surface area contributed by atoms with Gasteiger partial charge in [0.15, 0.2) is 0 Å². The number of carboxylic acids is 1. The zero-order chi connectivity index (χ0) is 35.7. The van der Waals surface area contributed by atoms with Crippen molar-refractivity contribution in [2.75, 3.05) is 26.2 Å². The third-order valence-corrected chi connectivity index (χ3v) is 10.2. The van der Waals surface area contributed by atoms with Crippen molar-refractivity contribution in [1.82, 2.24) is 20.4 Å². The maximum Gasteiger partial charge on any atom is 0.330 e. The van der Waals surface area contributed by atoms with Crippen LogP contribution in [0.25, 0.3) is 0 Å². The molecule has 0 radical (unpaired) electrons. The number of nitrogens with zero attached hydrogens (tertiary/aromatic N) is 2. The molecule has 2 heterocycles. The third-order valence-electron chi connectivity index (χ3n) is 10.2. The summed E-state index contributed by atoms with van der Waals surface area (Å²) in [7, 11) is 0. The third kappa shape index (κ3) is 8.07. The number of hydrogen-bond donors (Lipinski definition) is 3. The minimum absolute atomic E-state index is 0.138. The summed E-state index contributed by atoms with van der Waals surface area (Å²) >= 11 is 0. The molecule has 1 aliphatic carbocycles. The van der Waals surface area contributed by atoms with Crippen LogP contribution in [0.3, 0.4) is 0 Å². The van der Waals surface area contributed by atoms with Gasteiger partial charge in [0, 0.05) is 43.4 Å². The highest BCUT2D eigenvalue weighted by Gasteiger charge is 2.61. The van der Waals surface area contributed by atoms with E-state index in [1.165, 1.54) is 11.1 Å². The summed E-state index contributed by atoms with van der Waals surface area (Å²) in [4.78, 5) is 57.6. The van der Waals surface area contributed by atoms with Gasteiger partial charge in [0.2, 0.25) is 11.8 Å². The van der Waals surface area contributed by atoms with Crippen LogP contribution in [0.4, 0.5) is 0 Å². The molecule has 10 nitrogen and oxygen atoms in total. The molecule has 3 N–H and O–H groups in total. The Morgan fingerprint density at radius 1 is 0.939 bits per heavy atom. The van der Waals surface area contributed by atoms with Gasteiger partial charge in [-0.25, -0.2) is 4.79 Å². The molecular weight excluding hydrogens is 620 g/mol. The van der Waals surface area contributed by atoms with Crippen molar-refractivity contribution in [3.63, 3.8) is 0 Å². The number of ether oxygens (including phenoxy) is 1. The van der Waals surface area contributed by atoms with Gasteiger partial charge in [0.25, 0.3) is 0 Å². The molecule has 3 fully saturated rings. The quantitative estimate of drug-likeness (QED) is 0.238. The number of carbonyl (C=O) groups is 4. The van der Waals surface area contributed by atoms with Crippen LogP contribution in [0.5, 0.6) is 0 Å². The van der Waals surface area contributed by atoms with E-state index in [1.807, 2.05) is 32.9 Å². The van der Waals surface area contributed by atoms with Crippen molar-refractivity contribution in [3.05, 3.63) is 84.4 Å². The number of rotatable bonds is 11. The number of aliphatic carboxylic acids is 1. The lowest BCUT2D eigenvalue weighted by Crippen LogP contribution is -2.59. The fourth-order valence-electron chi connectivity index (χ4n) is 7.59. The predicted molar refractivity (Wildman–Crippen MR) is 188 cm³/mol. The van der Waals surface area contributed by atoms with Gasteiger partial charge in [-0.2, -0.15) is 0 Å². The molecule has 2 amide bonds. The molecule has 2 aromatic rings. The van der Waals surface area contributed by atoms with E-state index in [2.05, 4.69) is 70.6 Å². The molecule has 3 aliphatic rings. The van der Waals surface area contributed by atoms with Crippen molar-refractivity contribution >= 4 is 23.8 Å². The van der Waals surface area contributed by atoms with Crippen LogP contribution < -0.4 is 10.6 Å². The molecule has 10 heteroatoms. The van der Waals surface area contributed by atoms with Gasteiger partial charge < -0.3 is 20.1 Å². The smallest absolute Gasteiger partial charge is 0.330 e. The van der Waals surface area contributed by atoms with E-state index in [9.17, 15) is 24.3 Å². The van der Waals surface area contributed by atoms with Gasteiger partial charge >= 0.3 is 11.9 Å². The maximum atomic E-state index is 14.6. The Bertz CT molecular complexity index is 1490. The molecule has 2 saturated heterocycles. The van der Waals surface area contributed by atoms with Gasteiger partial charge in [-0.15, -0.1) is 6.58 Å². The first-order valence-corrected chi connectivity index (χ1v) is 17.3. The van der Waals surface area contributed by atoms with E-state index in [0.29, 0.717) is 13.0 Å². The van der Waals surface area contributed by atoms with Crippen LogP contribution >= 0.6 is 0 Å². The highest BCUT2D eigenvalue weighted by molar-refractivity contribution is 5.95. The fraction of sp³-hybridized carbons (Fsp3) is 0.538. The Kier molecular flexibility index (Phi) is 10.4. The standard InChI is InChI=1S/C39H52N4O6/c1-8-27-20-39(27,36(47)48)41-34(45)31-19-28(22-43(31)35(46)33(37(2,3)4)40-21-32(44)49-38(5,6)7)42-23-29(25-15-11-9-12-16-25)30(24-42)26-17-13-10-14-18-26/h8-18,27-31,33,40H,1,19-24H2,2-7H3,(H,41,45)(H,47,48)/t27-,28-,29-,30+,31+,33-,39-/m1/s1. The minimum atomic E-state index is -1.42. The van der Waals surface area contributed by atoms with Gasteiger partial charge in [-0.1, -0.05) is 87.5 Å². The van der Waals surface area contributed by atoms with Crippen molar-refractivity contribution < 1.29 is 29.0 Å². The molecule has 49 heavy (non-hydrogen) atoms. The van der Waals surface area contributed by atoms with Gasteiger partial charge in [-0.05, 0) is 50.2 Å². The average Bonchev–Trinajstić information content (AvgIpc) is 3.34. The molecule has 2 aliphatic heterocycles. The largest absolute Gasteiger partial charge is 0.479 e. The number of carbonyl (C=O) groups excluding carboxylic acids is 3. The van der Waals surface area contributed by atoms with E-state index in [1.54, 1.807) is 31.7 Å².